The lowest BCUT2D eigenvalue weighted by atomic mass is 9.66. The quantitative estimate of drug-likeness (QED) is 0.841. The van der Waals surface area contributed by atoms with Gasteiger partial charge in [-0.05, 0) is 33.3 Å². The van der Waals surface area contributed by atoms with E-state index in [-0.39, 0.29) is 6.42 Å². The van der Waals surface area contributed by atoms with Gasteiger partial charge in [-0.1, -0.05) is 6.07 Å². The summed E-state index contributed by atoms with van der Waals surface area (Å²) in [6.45, 7) is 7.77. The summed E-state index contributed by atoms with van der Waals surface area (Å²) in [5, 5.41) is 9.21. The molecule has 0 saturated carbocycles. The number of rotatable bonds is 5. The predicted molar refractivity (Wildman–Crippen MR) is 81.9 cm³/mol. The van der Waals surface area contributed by atoms with Crippen LogP contribution in [0.4, 0.5) is 0 Å². The molecule has 7 heteroatoms. The largest absolute Gasteiger partial charge is 0.481 e. The summed E-state index contributed by atoms with van der Waals surface area (Å²) < 4.78 is 17.0. The molecule has 120 valence electrons. The van der Waals surface area contributed by atoms with Crippen LogP contribution in [0.25, 0.3) is 0 Å². The van der Waals surface area contributed by atoms with Crippen molar-refractivity contribution < 1.29 is 23.9 Å². The zero-order valence-corrected chi connectivity index (χ0v) is 13.6. The van der Waals surface area contributed by atoms with Crippen LogP contribution < -0.4 is 4.74 Å². The summed E-state index contributed by atoms with van der Waals surface area (Å²) >= 11 is 0. The molecule has 2 rings (SSSR count). The molecule has 1 fully saturated rings. The summed E-state index contributed by atoms with van der Waals surface area (Å²) in [6, 6.07) is 3.50. The first-order valence-corrected chi connectivity index (χ1v) is 7.23. The lowest BCUT2D eigenvalue weighted by Gasteiger charge is -2.32. The van der Waals surface area contributed by atoms with Crippen LogP contribution in [0.1, 0.15) is 45.5 Å². The fraction of sp³-hybridized carbons (Fsp3) is 0.600. The van der Waals surface area contributed by atoms with Crippen LogP contribution in [0.2, 0.25) is 0 Å². The van der Waals surface area contributed by atoms with Gasteiger partial charge in [0, 0.05) is 18.1 Å². The number of nitrogens with zero attached hydrogens (tertiary/aromatic N) is 1. The molecule has 22 heavy (non-hydrogen) atoms. The van der Waals surface area contributed by atoms with Crippen LogP contribution >= 0.6 is 0 Å². The fourth-order valence-electron chi connectivity index (χ4n) is 2.34. The van der Waals surface area contributed by atoms with Crippen molar-refractivity contribution in [2.24, 2.45) is 0 Å². The molecule has 1 aliphatic rings. The number of carboxylic acids is 1. The molecular weight excluding hydrogens is 285 g/mol. The predicted octanol–water partition coefficient (Wildman–Crippen LogP) is 2.28. The van der Waals surface area contributed by atoms with Crippen molar-refractivity contribution in [2.45, 2.75) is 51.1 Å². The molecule has 1 aromatic heterocycles. The van der Waals surface area contributed by atoms with E-state index in [0.717, 1.165) is 5.56 Å². The number of aromatic nitrogens is 1. The third-order valence-electron chi connectivity index (χ3n) is 4.39. The maximum absolute atomic E-state index is 11.2. The number of ether oxygens (including phenoxy) is 1. The highest BCUT2D eigenvalue weighted by Gasteiger charge is 2.54. The Morgan fingerprint density at radius 2 is 1.91 bits per heavy atom. The second-order valence-electron chi connectivity index (χ2n) is 6.46. The normalized spacial score (nSPS) is 20.7. The average molecular weight is 307 g/mol. The summed E-state index contributed by atoms with van der Waals surface area (Å²) in [7, 11) is 0.904. The molecule has 6 nitrogen and oxygen atoms in total. The molecule has 1 aromatic rings. The molecule has 0 amide bonds. The van der Waals surface area contributed by atoms with Gasteiger partial charge in [0.05, 0.1) is 24.7 Å². The zero-order valence-electron chi connectivity index (χ0n) is 13.6. The maximum atomic E-state index is 11.2. The first-order chi connectivity index (χ1) is 10.2. The smallest absolute Gasteiger partial charge is 0.466 e. The van der Waals surface area contributed by atoms with Crippen molar-refractivity contribution in [1.82, 2.24) is 4.98 Å². The summed E-state index contributed by atoms with van der Waals surface area (Å²) in [5.41, 5.74) is -0.260. The fourth-order valence-corrected chi connectivity index (χ4v) is 2.34. The molecule has 1 aliphatic heterocycles. The van der Waals surface area contributed by atoms with E-state index in [0.29, 0.717) is 5.88 Å². The van der Waals surface area contributed by atoms with Crippen molar-refractivity contribution >= 4 is 13.1 Å². The van der Waals surface area contributed by atoms with Crippen molar-refractivity contribution in [3.63, 3.8) is 0 Å². The van der Waals surface area contributed by atoms with Crippen LogP contribution in [-0.2, 0) is 14.1 Å². The van der Waals surface area contributed by atoms with Crippen molar-refractivity contribution in [3.8, 4) is 5.88 Å². The van der Waals surface area contributed by atoms with Gasteiger partial charge in [-0.2, -0.15) is 0 Å². The first kappa shape index (κ1) is 16.8. The molecule has 1 N–H and O–H groups in total. The standard InChI is InChI=1S/C15H22BNO5/c1-14(2)15(3,4)22-16(21-14)11(8-13(18)19)10-6-7-12(20-5)17-9-10/h6-7,9,11H,8H2,1-5H3,(H,18,19). The molecule has 1 saturated heterocycles. The molecule has 0 aliphatic carbocycles. The Morgan fingerprint density at radius 3 is 2.32 bits per heavy atom. The van der Waals surface area contributed by atoms with Crippen LogP contribution in [0.3, 0.4) is 0 Å². The van der Waals surface area contributed by atoms with Crippen LogP contribution in [0, 0.1) is 0 Å². The number of aliphatic carboxylic acids is 1. The number of hydrogen-bond donors (Lipinski definition) is 1. The third kappa shape index (κ3) is 3.25. The zero-order chi connectivity index (χ0) is 16.5. The highest BCUT2D eigenvalue weighted by Crippen LogP contribution is 2.41. The van der Waals surface area contributed by atoms with Gasteiger partial charge in [-0.25, -0.2) is 4.98 Å². The molecule has 1 unspecified atom stereocenters. The van der Waals surface area contributed by atoms with E-state index in [1.165, 1.54) is 7.11 Å². The van der Waals surface area contributed by atoms with E-state index in [4.69, 9.17) is 14.0 Å². The topological polar surface area (TPSA) is 77.9 Å². The first-order valence-electron chi connectivity index (χ1n) is 7.23. The molecular formula is C15H22BNO5. The second-order valence-corrected chi connectivity index (χ2v) is 6.46. The third-order valence-corrected chi connectivity index (χ3v) is 4.39. The SMILES string of the molecule is COc1ccc(C(CC(=O)O)B2OC(C)(C)C(C)(C)O2)cn1. The minimum absolute atomic E-state index is 0.0924. The summed E-state index contributed by atoms with van der Waals surface area (Å²) in [5.74, 6) is -0.862. The summed E-state index contributed by atoms with van der Waals surface area (Å²) in [6.07, 6.45) is 1.52. The molecule has 0 spiro atoms. The van der Waals surface area contributed by atoms with Gasteiger partial charge in [-0.15, -0.1) is 0 Å². The van der Waals surface area contributed by atoms with E-state index in [1.54, 1.807) is 18.3 Å². The van der Waals surface area contributed by atoms with Crippen LogP contribution in [0.15, 0.2) is 18.3 Å². The minimum atomic E-state index is -0.907. The maximum Gasteiger partial charge on any atom is 0.466 e. The Balaban J connectivity index is 2.29. The van der Waals surface area contributed by atoms with Crippen LogP contribution in [-0.4, -0.2) is 41.5 Å². The number of carbonyl (C=O) groups is 1. The molecule has 1 atom stereocenters. The van der Waals surface area contributed by atoms with Gasteiger partial charge in [0.15, 0.2) is 0 Å². The van der Waals surface area contributed by atoms with Crippen molar-refractivity contribution in [2.75, 3.05) is 7.11 Å². The average Bonchev–Trinajstić information content (AvgIpc) is 2.64. The van der Waals surface area contributed by atoms with Gasteiger partial charge < -0.3 is 19.2 Å². The van der Waals surface area contributed by atoms with Gasteiger partial charge in [0.1, 0.15) is 0 Å². The van der Waals surface area contributed by atoms with E-state index >= 15 is 0 Å². The lowest BCUT2D eigenvalue weighted by Crippen LogP contribution is -2.41. The van der Waals surface area contributed by atoms with Gasteiger partial charge in [0.2, 0.25) is 5.88 Å². The van der Waals surface area contributed by atoms with E-state index in [2.05, 4.69) is 4.98 Å². The second kappa shape index (κ2) is 5.89. The molecule has 0 radical (unpaired) electrons. The molecule has 0 aromatic carbocycles. The lowest BCUT2D eigenvalue weighted by molar-refractivity contribution is -0.137. The Labute approximate surface area is 130 Å². The van der Waals surface area contributed by atoms with E-state index in [1.807, 2.05) is 27.7 Å². The van der Waals surface area contributed by atoms with Crippen molar-refractivity contribution in [3.05, 3.63) is 23.9 Å². The minimum Gasteiger partial charge on any atom is -0.481 e. The Morgan fingerprint density at radius 1 is 1.32 bits per heavy atom. The Hall–Kier alpha value is -1.60. The van der Waals surface area contributed by atoms with E-state index in [9.17, 15) is 9.90 Å². The van der Waals surface area contributed by atoms with Gasteiger partial charge in [-0.3, -0.25) is 4.79 Å². The van der Waals surface area contributed by atoms with Gasteiger partial charge in [0.25, 0.3) is 0 Å². The number of methoxy groups -OCH3 is 1. The highest BCUT2D eigenvalue weighted by molar-refractivity contribution is 6.48. The van der Waals surface area contributed by atoms with E-state index < -0.39 is 30.1 Å². The van der Waals surface area contributed by atoms with Crippen LogP contribution in [0.5, 0.6) is 5.88 Å². The van der Waals surface area contributed by atoms with Crippen molar-refractivity contribution in [1.29, 1.82) is 0 Å². The Kier molecular flexibility index (Phi) is 4.49. The number of carboxylic acid groups (broad SMARTS) is 1. The van der Waals surface area contributed by atoms with Gasteiger partial charge >= 0.3 is 13.1 Å². The molecule has 2 heterocycles. The highest BCUT2D eigenvalue weighted by atomic mass is 16.7. The number of pyridine rings is 1. The summed E-state index contributed by atoms with van der Waals surface area (Å²) in [4.78, 5) is 15.4. The monoisotopic (exact) mass is 307 g/mol. The Bertz CT molecular complexity index is 527. The number of hydrogen-bond acceptors (Lipinski definition) is 5. The molecule has 0 bridgehead atoms.